The highest BCUT2D eigenvalue weighted by atomic mass is 35.5. The van der Waals surface area contributed by atoms with Crippen LogP contribution in [-0.4, -0.2) is 10.2 Å². The number of carbonyl (C=O) groups excluding carboxylic acids is 1. The average molecular weight is 178 g/mol. The number of aromatic nitrogens is 1. The van der Waals surface area contributed by atoms with Gasteiger partial charge in [0.1, 0.15) is 0 Å². The molecule has 0 aromatic carbocycles. The molecule has 0 N–H and O–H groups in total. The van der Waals surface area contributed by atoms with Gasteiger partial charge in [-0.3, -0.25) is 9.78 Å². The van der Waals surface area contributed by atoms with Crippen LogP contribution >= 0.6 is 24.0 Å². The second kappa shape index (κ2) is 4.25. The van der Waals surface area contributed by atoms with Gasteiger partial charge in [0, 0.05) is 12.4 Å². The number of pyridine rings is 1. The van der Waals surface area contributed by atoms with Gasteiger partial charge in [0.05, 0.1) is 5.56 Å². The lowest BCUT2D eigenvalue weighted by atomic mass is 10.3. The summed E-state index contributed by atoms with van der Waals surface area (Å²) in [6, 6.07) is 3.28. The summed E-state index contributed by atoms with van der Waals surface area (Å²) >= 11 is 5.12. The predicted octanol–water partition coefficient (Wildman–Crippen LogP) is 1.88. The molecule has 1 rings (SSSR count). The van der Waals surface area contributed by atoms with E-state index in [1.807, 2.05) is 0 Å². The van der Waals surface area contributed by atoms with E-state index in [2.05, 4.69) is 4.98 Å². The standard InChI is InChI=1S/C6H4ClNO.ClH/c7-6(9)5-2-1-3-8-4-5;/h1-4H;1H. The number of carbonyl (C=O) groups is 1. The highest BCUT2D eigenvalue weighted by Crippen LogP contribution is 1.98. The minimum atomic E-state index is -0.469. The van der Waals surface area contributed by atoms with Crippen molar-refractivity contribution >= 4 is 29.3 Å². The van der Waals surface area contributed by atoms with E-state index in [4.69, 9.17) is 11.6 Å². The van der Waals surface area contributed by atoms with Crippen LogP contribution in [0.5, 0.6) is 0 Å². The highest BCUT2D eigenvalue weighted by molar-refractivity contribution is 6.67. The fourth-order valence-electron chi connectivity index (χ4n) is 0.479. The van der Waals surface area contributed by atoms with E-state index in [0.717, 1.165) is 0 Å². The third-order valence-electron chi connectivity index (χ3n) is 0.888. The average Bonchev–Trinajstić information content (AvgIpc) is 1.90. The molecule has 0 fully saturated rings. The first kappa shape index (κ1) is 9.40. The van der Waals surface area contributed by atoms with Crippen molar-refractivity contribution in [1.29, 1.82) is 0 Å². The minimum absolute atomic E-state index is 0. The monoisotopic (exact) mass is 177 g/mol. The van der Waals surface area contributed by atoms with Gasteiger partial charge in [-0.05, 0) is 23.7 Å². The Balaban J connectivity index is 0.000000810. The maximum Gasteiger partial charge on any atom is 0.253 e. The number of hydrogen-bond acceptors (Lipinski definition) is 2. The molecular weight excluding hydrogens is 173 g/mol. The van der Waals surface area contributed by atoms with Crippen LogP contribution in [0, 0.1) is 0 Å². The van der Waals surface area contributed by atoms with Crippen LogP contribution in [-0.2, 0) is 0 Å². The third kappa shape index (κ3) is 2.33. The molecule has 0 saturated carbocycles. The van der Waals surface area contributed by atoms with Crippen molar-refractivity contribution < 1.29 is 4.79 Å². The van der Waals surface area contributed by atoms with Gasteiger partial charge in [-0.1, -0.05) is 0 Å². The normalized spacial score (nSPS) is 8.10. The molecule has 0 bridgehead atoms. The van der Waals surface area contributed by atoms with E-state index < -0.39 is 5.24 Å². The lowest BCUT2D eigenvalue weighted by Gasteiger charge is -1.86. The molecule has 4 heteroatoms. The van der Waals surface area contributed by atoms with Crippen LogP contribution in [0.2, 0.25) is 0 Å². The largest absolute Gasteiger partial charge is 0.276 e. The Morgan fingerprint density at radius 2 is 2.30 bits per heavy atom. The van der Waals surface area contributed by atoms with Crippen molar-refractivity contribution in [2.75, 3.05) is 0 Å². The fourth-order valence-corrected chi connectivity index (χ4v) is 0.591. The van der Waals surface area contributed by atoms with Crippen LogP contribution in [0.15, 0.2) is 24.5 Å². The van der Waals surface area contributed by atoms with Gasteiger partial charge in [0.15, 0.2) is 0 Å². The molecule has 0 unspecified atom stereocenters. The maximum absolute atomic E-state index is 10.4. The maximum atomic E-state index is 10.4. The Kier molecular flexibility index (Phi) is 4.00. The van der Waals surface area contributed by atoms with Gasteiger partial charge in [0.25, 0.3) is 5.24 Å². The predicted molar refractivity (Wildman–Crippen MR) is 41.7 cm³/mol. The number of rotatable bonds is 1. The molecular formula is C6H5Cl2NO. The van der Waals surface area contributed by atoms with Gasteiger partial charge in [-0.2, -0.15) is 0 Å². The van der Waals surface area contributed by atoms with E-state index in [9.17, 15) is 4.79 Å². The molecule has 0 atom stereocenters. The van der Waals surface area contributed by atoms with Gasteiger partial charge < -0.3 is 0 Å². The summed E-state index contributed by atoms with van der Waals surface area (Å²) < 4.78 is 0. The topological polar surface area (TPSA) is 30.0 Å². The first-order valence-electron chi connectivity index (χ1n) is 2.40. The summed E-state index contributed by atoms with van der Waals surface area (Å²) in [5.74, 6) is 0. The van der Waals surface area contributed by atoms with Crippen LogP contribution in [0.1, 0.15) is 10.4 Å². The minimum Gasteiger partial charge on any atom is -0.276 e. The van der Waals surface area contributed by atoms with Crippen molar-refractivity contribution in [2.24, 2.45) is 0 Å². The van der Waals surface area contributed by atoms with Gasteiger partial charge in [-0.25, -0.2) is 0 Å². The van der Waals surface area contributed by atoms with Crippen LogP contribution in [0.25, 0.3) is 0 Å². The zero-order valence-corrected chi connectivity index (χ0v) is 6.52. The lowest BCUT2D eigenvalue weighted by Crippen LogP contribution is -1.87. The number of nitrogens with zero attached hydrogens (tertiary/aromatic N) is 1. The molecule has 1 heterocycles. The van der Waals surface area contributed by atoms with Crippen LogP contribution in [0.4, 0.5) is 0 Å². The summed E-state index contributed by atoms with van der Waals surface area (Å²) in [5.41, 5.74) is 0.430. The Bertz CT molecular complexity index is 212. The Morgan fingerprint density at radius 3 is 2.60 bits per heavy atom. The van der Waals surface area contributed by atoms with E-state index in [-0.39, 0.29) is 12.4 Å². The SMILES string of the molecule is Cl.O=C(Cl)c1cccnc1. The summed E-state index contributed by atoms with van der Waals surface area (Å²) in [6.07, 6.45) is 3.01. The third-order valence-corrected chi connectivity index (χ3v) is 1.11. The smallest absolute Gasteiger partial charge is 0.253 e. The van der Waals surface area contributed by atoms with E-state index in [1.54, 1.807) is 18.3 Å². The Hall–Kier alpha value is -0.600. The van der Waals surface area contributed by atoms with Crippen LogP contribution in [0.3, 0.4) is 0 Å². The quantitative estimate of drug-likeness (QED) is 0.614. The molecule has 0 radical (unpaired) electrons. The molecule has 0 aliphatic heterocycles. The van der Waals surface area contributed by atoms with Crippen molar-refractivity contribution in [3.8, 4) is 0 Å². The first-order valence-corrected chi connectivity index (χ1v) is 2.78. The number of hydrogen-bond donors (Lipinski definition) is 0. The molecule has 1 aromatic rings. The Morgan fingerprint density at radius 1 is 1.60 bits per heavy atom. The van der Waals surface area contributed by atoms with Gasteiger partial charge in [-0.15, -0.1) is 12.4 Å². The van der Waals surface area contributed by atoms with E-state index in [1.165, 1.54) is 6.20 Å². The van der Waals surface area contributed by atoms with E-state index >= 15 is 0 Å². The molecule has 2 nitrogen and oxygen atoms in total. The molecule has 0 aliphatic carbocycles. The van der Waals surface area contributed by atoms with Crippen molar-refractivity contribution in [3.63, 3.8) is 0 Å². The lowest BCUT2D eigenvalue weighted by molar-refractivity contribution is 0.108. The van der Waals surface area contributed by atoms with Gasteiger partial charge in [0.2, 0.25) is 0 Å². The Labute approximate surface area is 69.6 Å². The first-order chi connectivity index (χ1) is 4.30. The van der Waals surface area contributed by atoms with Crippen molar-refractivity contribution in [1.82, 2.24) is 4.98 Å². The molecule has 0 saturated heterocycles. The zero-order valence-electron chi connectivity index (χ0n) is 4.95. The van der Waals surface area contributed by atoms with Crippen molar-refractivity contribution in [3.05, 3.63) is 30.1 Å². The molecule has 1 aromatic heterocycles. The molecule has 0 spiro atoms. The van der Waals surface area contributed by atoms with E-state index in [0.29, 0.717) is 5.56 Å². The number of halogens is 2. The molecule has 10 heavy (non-hydrogen) atoms. The fraction of sp³-hybridized carbons (Fsp3) is 0. The second-order valence-electron chi connectivity index (χ2n) is 1.52. The summed E-state index contributed by atoms with van der Waals surface area (Å²) in [6.45, 7) is 0. The summed E-state index contributed by atoms with van der Waals surface area (Å²) in [5, 5.41) is -0.469. The highest BCUT2D eigenvalue weighted by Gasteiger charge is 1.96. The molecule has 0 amide bonds. The summed E-state index contributed by atoms with van der Waals surface area (Å²) in [7, 11) is 0. The molecule has 0 aliphatic rings. The zero-order chi connectivity index (χ0) is 6.69. The molecule has 54 valence electrons. The van der Waals surface area contributed by atoms with Crippen molar-refractivity contribution in [2.45, 2.75) is 0 Å². The van der Waals surface area contributed by atoms with Crippen LogP contribution < -0.4 is 0 Å². The summed E-state index contributed by atoms with van der Waals surface area (Å²) in [4.78, 5) is 14.1. The second-order valence-corrected chi connectivity index (χ2v) is 1.86. The van der Waals surface area contributed by atoms with Gasteiger partial charge >= 0.3 is 0 Å².